The summed E-state index contributed by atoms with van der Waals surface area (Å²) in [4.78, 5) is 34.2. The van der Waals surface area contributed by atoms with Crippen molar-refractivity contribution in [3.63, 3.8) is 0 Å². The highest BCUT2D eigenvalue weighted by Crippen LogP contribution is 2.00. The van der Waals surface area contributed by atoms with Crippen LogP contribution in [0.25, 0.3) is 0 Å². The summed E-state index contributed by atoms with van der Waals surface area (Å²) >= 11 is 0. The van der Waals surface area contributed by atoms with Gasteiger partial charge in [-0.05, 0) is 6.42 Å². The first-order chi connectivity index (χ1) is 8.53. The maximum absolute atomic E-state index is 11.8. The normalized spacial score (nSPS) is 12.7. The van der Waals surface area contributed by atoms with E-state index in [0.29, 0.717) is 0 Å². The molecule has 0 heterocycles. The van der Waals surface area contributed by atoms with E-state index in [1.807, 2.05) is 0 Å². The molecule has 3 amide bonds. The third kappa shape index (κ3) is 8.11. The van der Waals surface area contributed by atoms with Crippen LogP contribution in [0.15, 0.2) is 0 Å². The molecule has 0 aromatic heterocycles. The molecule has 0 aliphatic carbocycles. The van der Waals surface area contributed by atoms with Crippen LogP contribution >= 0.6 is 0 Å². The predicted octanol–water partition coefficient (Wildman–Crippen LogP) is -3.45. The SMILES string of the molecule is CS(=O)(=O)CCC(N)C(=O)N(CC(N)=O)CC(N)=O. The maximum atomic E-state index is 11.8. The van der Waals surface area contributed by atoms with Crippen LogP contribution in [0.4, 0.5) is 0 Å². The zero-order chi connectivity index (χ0) is 15.2. The van der Waals surface area contributed by atoms with Crippen LogP contribution < -0.4 is 17.2 Å². The number of carbonyl (C=O) groups excluding carboxylic acids is 3. The molecular weight excluding hydrogens is 276 g/mol. The average molecular weight is 294 g/mol. The quantitative estimate of drug-likeness (QED) is 0.420. The lowest BCUT2D eigenvalue weighted by Gasteiger charge is -2.22. The Balaban J connectivity index is 4.68. The minimum atomic E-state index is -3.26. The Morgan fingerprint density at radius 1 is 1.11 bits per heavy atom. The van der Waals surface area contributed by atoms with Gasteiger partial charge in [-0.25, -0.2) is 8.42 Å². The summed E-state index contributed by atoms with van der Waals surface area (Å²) in [6, 6.07) is -1.14. The fourth-order valence-corrected chi connectivity index (χ4v) is 1.97. The molecule has 0 aliphatic rings. The first-order valence-electron chi connectivity index (χ1n) is 5.31. The van der Waals surface area contributed by atoms with Crippen molar-refractivity contribution in [2.24, 2.45) is 17.2 Å². The molecule has 0 spiro atoms. The first-order valence-corrected chi connectivity index (χ1v) is 7.37. The summed E-state index contributed by atoms with van der Waals surface area (Å²) in [6.07, 6.45) is 0.889. The number of primary amides is 2. The summed E-state index contributed by atoms with van der Waals surface area (Å²) < 4.78 is 21.9. The minimum absolute atomic E-state index is 0.119. The number of sulfone groups is 1. The second-order valence-corrected chi connectivity index (χ2v) is 6.41. The molecule has 1 atom stereocenters. The van der Waals surface area contributed by atoms with Crippen molar-refractivity contribution in [3.05, 3.63) is 0 Å². The van der Waals surface area contributed by atoms with Gasteiger partial charge in [-0.1, -0.05) is 0 Å². The van der Waals surface area contributed by atoms with E-state index in [-0.39, 0.29) is 12.2 Å². The van der Waals surface area contributed by atoms with Crippen molar-refractivity contribution in [1.82, 2.24) is 4.90 Å². The number of rotatable bonds is 8. The monoisotopic (exact) mass is 294 g/mol. The van der Waals surface area contributed by atoms with E-state index in [4.69, 9.17) is 17.2 Å². The van der Waals surface area contributed by atoms with Crippen LogP contribution in [-0.2, 0) is 24.2 Å². The molecule has 0 fully saturated rings. The Labute approximate surface area is 111 Å². The first kappa shape index (κ1) is 17.3. The zero-order valence-corrected chi connectivity index (χ0v) is 11.4. The molecule has 19 heavy (non-hydrogen) atoms. The van der Waals surface area contributed by atoms with Crippen LogP contribution in [0.5, 0.6) is 0 Å². The molecule has 10 heteroatoms. The largest absolute Gasteiger partial charge is 0.368 e. The van der Waals surface area contributed by atoms with Gasteiger partial charge in [-0.2, -0.15) is 0 Å². The van der Waals surface area contributed by atoms with Crippen LogP contribution in [0.2, 0.25) is 0 Å². The molecule has 0 rings (SSSR count). The van der Waals surface area contributed by atoms with Crippen molar-refractivity contribution in [1.29, 1.82) is 0 Å². The highest BCUT2D eigenvalue weighted by atomic mass is 32.2. The molecule has 1 unspecified atom stereocenters. The van der Waals surface area contributed by atoms with E-state index >= 15 is 0 Å². The van der Waals surface area contributed by atoms with Crippen LogP contribution in [0.1, 0.15) is 6.42 Å². The highest BCUT2D eigenvalue weighted by molar-refractivity contribution is 7.90. The van der Waals surface area contributed by atoms with Crippen molar-refractivity contribution < 1.29 is 22.8 Å². The number of amides is 3. The van der Waals surface area contributed by atoms with Gasteiger partial charge >= 0.3 is 0 Å². The molecule has 0 aromatic rings. The van der Waals surface area contributed by atoms with Crippen LogP contribution in [-0.4, -0.2) is 62.2 Å². The van der Waals surface area contributed by atoms with Gasteiger partial charge in [0.2, 0.25) is 17.7 Å². The molecule has 0 saturated carbocycles. The van der Waals surface area contributed by atoms with E-state index in [1.165, 1.54) is 0 Å². The second kappa shape index (κ2) is 7.04. The van der Waals surface area contributed by atoms with Gasteiger partial charge in [0.25, 0.3) is 0 Å². The van der Waals surface area contributed by atoms with E-state index in [9.17, 15) is 22.8 Å². The van der Waals surface area contributed by atoms with Gasteiger partial charge in [0.05, 0.1) is 24.9 Å². The van der Waals surface area contributed by atoms with Crippen molar-refractivity contribution in [2.45, 2.75) is 12.5 Å². The third-order valence-corrected chi connectivity index (χ3v) is 3.10. The van der Waals surface area contributed by atoms with Gasteiger partial charge in [0.15, 0.2) is 0 Å². The number of nitrogens with zero attached hydrogens (tertiary/aromatic N) is 1. The molecule has 0 saturated heterocycles. The summed E-state index contributed by atoms with van der Waals surface area (Å²) in [5.41, 5.74) is 15.4. The number of hydrogen-bond donors (Lipinski definition) is 3. The van der Waals surface area contributed by atoms with Crippen molar-refractivity contribution >= 4 is 27.6 Å². The Morgan fingerprint density at radius 3 is 1.84 bits per heavy atom. The Morgan fingerprint density at radius 2 is 1.53 bits per heavy atom. The second-order valence-electron chi connectivity index (χ2n) is 4.15. The molecule has 6 N–H and O–H groups in total. The standard InChI is InChI=1S/C9H18N4O5S/c1-19(17,18)3-2-6(10)9(16)13(4-7(11)14)5-8(12)15/h6H,2-5,10H2,1H3,(H2,11,14)(H2,12,15). The topological polar surface area (TPSA) is 167 Å². The highest BCUT2D eigenvalue weighted by Gasteiger charge is 2.24. The van der Waals surface area contributed by atoms with Gasteiger partial charge in [-0.15, -0.1) is 0 Å². The van der Waals surface area contributed by atoms with Crippen molar-refractivity contribution in [3.8, 4) is 0 Å². The Hall–Kier alpha value is -1.68. The van der Waals surface area contributed by atoms with Crippen molar-refractivity contribution in [2.75, 3.05) is 25.1 Å². The summed E-state index contributed by atoms with van der Waals surface area (Å²) in [5.74, 6) is -2.68. The van der Waals surface area contributed by atoms with Crippen LogP contribution in [0, 0.1) is 0 Å². The maximum Gasteiger partial charge on any atom is 0.240 e. The number of carbonyl (C=O) groups is 3. The van der Waals surface area contributed by atoms with Gasteiger partial charge in [0.1, 0.15) is 9.84 Å². The Bertz CT molecular complexity index is 445. The average Bonchev–Trinajstić information content (AvgIpc) is 2.21. The molecule has 0 aliphatic heterocycles. The van der Waals surface area contributed by atoms with Gasteiger partial charge < -0.3 is 22.1 Å². The molecule has 0 aromatic carbocycles. The lowest BCUT2D eigenvalue weighted by atomic mass is 10.2. The molecule has 110 valence electrons. The Kier molecular flexibility index (Phi) is 6.42. The molecule has 0 bridgehead atoms. The smallest absolute Gasteiger partial charge is 0.240 e. The summed E-state index contributed by atoms with van der Waals surface area (Å²) in [6.45, 7) is -1.01. The molecule has 9 nitrogen and oxygen atoms in total. The van der Waals surface area contributed by atoms with E-state index in [2.05, 4.69) is 0 Å². The fourth-order valence-electron chi connectivity index (χ4n) is 1.29. The number of hydrogen-bond acceptors (Lipinski definition) is 6. The molecule has 0 radical (unpaired) electrons. The summed E-state index contributed by atoms with van der Waals surface area (Å²) in [5, 5.41) is 0. The fraction of sp³-hybridized carbons (Fsp3) is 0.667. The lowest BCUT2D eigenvalue weighted by molar-refractivity contribution is -0.139. The van der Waals surface area contributed by atoms with E-state index in [1.54, 1.807) is 0 Å². The minimum Gasteiger partial charge on any atom is -0.368 e. The molecular formula is C9H18N4O5S. The van der Waals surface area contributed by atoms with E-state index < -0.39 is 46.7 Å². The van der Waals surface area contributed by atoms with Gasteiger partial charge in [-0.3, -0.25) is 14.4 Å². The lowest BCUT2D eigenvalue weighted by Crippen LogP contribution is -2.50. The van der Waals surface area contributed by atoms with E-state index in [0.717, 1.165) is 11.2 Å². The predicted molar refractivity (Wildman–Crippen MR) is 67.3 cm³/mol. The van der Waals surface area contributed by atoms with Gasteiger partial charge in [0, 0.05) is 6.26 Å². The number of nitrogens with two attached hydrogens (primary N) is 3. The zero-order valence-electron chi connectivity index (χ0n) is 10.5. The summed E-state index contributed by atoms with van der Waals surface area (Å²) in [7, 11) is -3.26. The third-order valence-electron chi connectivity index (χ3n) is 2.12. The van der Waals surface area contributed by atoms with Crippen LogP contribution in [0.3, 0.4) is 0 Å².